The molecule has 1 amide bonds. The molecule has 0 fully saturated rings. The highest BCUT2D eigenvalue weighted by molar-refractivity contribution is 9.10. The number of nitrogens with one attached hydrogen (secondary N) is 1. The standard InChI is InChI=1S/C11H12BrNO5/c1-17-9-3-7(12)2-8(4-9)13-10(14)5-18-6-11(15)16/h2-4H,5-6H2,1H3,(H,13,14)(H,15,16). The summed E-state index contributed by atoms with van der Waals surface area (Å²) in [4.78, 5) is 21.6. The number of ether oxygens (including phenoxy) is 2. The smallest absolute Gasteiger partial charge is 0.329 e. The number of carboxylic acid groups (broad SMARTS) is 1. The Morgan fingerprint density at radius 2 is 2.06 bits per heavy atom. The van der Waals surface area contributed by atoms with Crippen molar-refractivity contribution in [2.75, 3.05) is 25.6 Å². The third-order valence-electron chi connectivity index (χ3n) is 1.85. The van der Waals surface area contributed by atoms with Crippen molar-refractivity contribution in [2.24, 2.45) is 0 Å². The van der Waals surface area contributed by atoms with Crippen molar-refractivity contribution in [1.82, 2.24) is 0 Å². The summed E-state index contributed by atoms with van der Waals surface area (Å²) >= 11 is 3.28. The van der Waals surface area contributed by atoms with Crippen LogP contribution in [0.3, 0.4) is 0 Å². The number of methoxy groups -OCH3 is 1. The zero-order chi connectivity index (χ0) is 13.5. The molecule has 0 spiro atoms. The van der Waals surface area contributed by atoms with Gasteiger partial charge in [-0.3, -0.25) is 4.79 Å². The number of carboxylic acids is 1. The first-order valence-electron chi connectivity index (χ1n) is 4.95. The van der Waals surface area contributed by atoms with E-state index >= 15 is 0 Å². The molecule has 18 heavy (non-hydrogen) atoms. The highest BCUT2D eigenvalue weighted by atomic mass is 79.9. The van der Waals surface area contributed by atoms with Gasteiger partial charge >= 0.3 is 5.97 Å². The fraction of sp³-hybridized carbons (Fsp3) is 0.273. The summed E-state index contributed by atoms with van der Waals surface area (Å²) in [7, 11) is 1.52. The largest absolute Gasteiger partial charge is 0.497 e. The van der Waals surface area contributed by atoms with Crippen LogP contribution in [-0.2, 0) is 14.3 Å². The highest BCUT2D eigenvalue weighted by Crippen LogP contribution is 2.24. The molecule has 0 radical (unpaired) electrons. The maximum atomic E-state index is 11.4. The quantitative estimate of drug-likeness (QED) is 0.830. The number of benzene rings is 1. The third kappa shape index (κ3) is 5.15. The van der Waals surface area contributed by atoms with Crippen molar-refractivity contribution >= 4 is 33.5 Å². The minimum absolute atomic E-state index is 0.318. The molecule has 0 aliphatic heterocycles. The van der Waals surface area contributed by atoms with Gasteiger partial charge in [-0.1, -0.05) is 15.9 Å². The van der Waals surface area contributed by atoms with Crippen LogP contribution in [-0.4, -0.2) is 37.3 Å². The molecule has 6 nitrogen and oxygen atoms in total. The minimum atomic E-state index is -1.12. The second kappa shape index (κ2) is 6.97. The fourth-order valence-corrected chi connectivity index (χ4v) is 1.65. The summed E-state index contributed by atoms with van der Waals surface area (Å²) in [6.45, 7) is -0.823. The lowest BCUT2D eigenvalue weighted by atomic mass is 10.3. The van der Waals surface area contributed by atoms with Crippen molar-refractivity contribution in [3.63, 3.8) is 0 Å². The van der Waals surface area contributed by atoms with Gasteiger partial charge in [-0.15, -0.1) is 0 Å². The lowest BCUT2D eigenvalue weighted by molar-refractivity contribution is -0.143. The first-order chi connectivity index (χ1) is 8.51. The molecule has 1 rings (SSSR count). The Kier molecular flexibility index (Phi) is 5.60. The first-order valence-corrected chi connectivity index (χ1v) is 5.74. The molecular formula is C11H12BrNO5. The van der Waals surface area contributed by atoms with Crippen LogP contribution in [0.25, 0.3) is 0 Å². The van der Waals surface area contributed by atoms with E-state index in [0.29, 0.717) is 11.4 Å². The molecule has 0 unspecified atom stereocenters. The summed E-state index contributed by atoms with van der Waals surface area (Å²) in [5.41, 5.74) is 0.533. The zero-order valence-electron chi connectivity index (χ0n) is 9.60. The Hall–Kier alpha value is -1.60. The molecule has 0 bridgehead atoms. The lowest BCUT2D eigenvalue weighted by Crippen LogP contribution is -2.20. The molecule has 0 aliphatic rings. The van der Waals surface area contributed by atoms with Crippen LogP contribution in [0.15, 0.2) is 22.7 Å². The minimum Gasteiger partial charge on any atom is -0.497 e. The van der Waals surface area contributed by atoms with Gasteiger partial charge in [0.2, 0.25) is 5.91 Å². The number of hydrogen-bond donors (Lipinski definition) is 2. The maximum absolute atomic E-state index is 11.4. The van der Waals surface area contributed by atoms with Crippen LogP contribution in [0.4, 0.5) is 5.69 Å². The van der Waals surface area contributed by atoms with E-state index in [0.717, 1.165) is 4.47 Å². The van der Waals surface area contributed by atoms with E-state index in [9.17, 15) is 9.59 Å². The van der Waals surface area contributed by atoms with Gasteiger partial charge in [0.15, 0.2) is 0 Å². The molecule has 1 aromatic rings. The first kappa shape index (κ1) is 14.5. The lowest BCUT2D eigenvalue weighted by Gasteiger charge is -2.08. The van der Waals surface area contributed by atoms with Crippen LogP contribution in [0, 0.1) is 0 Å². The predicted octanol–water partition coefficient (Wildman–Crippen LogP) is 1.50. The van der Waals surface area contributed by atoms with Crippen LogP contribution >= 0.6 is 15.9 Å². The summed E-state index contributed by atoms with van der Waals surface area (Å²) in [6.07, 6.45) is 0. The molecule has 2 N–H and O–H groups in total. The van der Waals surface area contributed by atoms with E-state index in [1.165, 1.54) is 7.11 Å². The molecular weight excluding hydrogens is 306 g/mol. The Morgan fingerprint density at radius 1 is 1.33 bits per heavy atom. The van der Waals surface area contributed by atoms with Crippen molar-refractivity contribution in [1.29, 1.82) is 0 Å². The van der Waals surface area contributed by atoms with Gasteiger partial charge in [0.05, 0.1) is 7.11 Å². The SMILES string of the molecule is COc1cc(Br)cc(NC(=O)COCC(=O)O)c1. The molecule has 98 valence electrons. The van der Waals surface area contributed by atoms with Gasteiger partial charge in [-0.05, 0) is 12.1 Å². The Morgan fingerprint density at radius 3 is 2.67 bits per heavy atom. The number of halogens is 1. The predicted molar refractivity (Wildman–Crippen MR) is 67.8 cm³/mol. The number of amides is 1. The van der Waals surface area contributed by atoms with E-state index in [-0.39, 0.29) is 6.61 Å². The topological polar surface area (TPSA) is 84.9 Å². The van der Waals surface area contributed by atoms with Gasteiger partial charge < -0.3 is 19.9 Å². The highest BCUT2D eigenvalue weighted by Gasteiger charge is 2.06. The Bertz CT molecular complexity index is 449. The van der Waals surface area contributed by atoms with E-state index in [4.69, 9.17) is 9.84 Å². The third-order valence-corrected chi connectivity index (χ3v) is 2.31. The fourth-order valence-electron chi connectivity index (χ4n) is 1.18. The average molecular weight is 318 g/mol. The van der Waals surface area contributed by atoms with Gasteiger partial charge in [0, 0.05) is 16.2 Å². The van der Waals surface area contributed by atoms with Gasteiger partial charge in [0.25, 0.3) is 0 Å². The van der Waals surface area contributed by atoms with Crippen molar-refractivity contribution < 1.29 is 24.2 Å². The van der Waals surface area contributed by atoms with Crippen LogP contribution in [0.5, 0.6) is 5.75 Å². The van der Waals surface area contributed by atoms with E-state index in [2.05, 4.69) is 26.0 Å². The number of anilines is 1. The van der Waals surface area contributed by atoms with Gasteiger partial charge in [-0.2, -0.15) is 0 Å². The summed E-state index contributed by atoms with van der Waals surface area (Å²) in [5, 5.41) is 10.9. The van der Waals surface area contributed by atoms with Crippen molar-refractivity contribution in [2.45, 2.75) is 0 Å². The molecule has 0 atom stereocenters. The molecule has 7 heteroatoms. The van der Waals surface area contributed by atoms with E-state index in [1.54, 1.807) is 18.2 Å². The Labute approximate surface area is 112 Å². The summed E-state index contributed by atoms with van der Waals surface area (Å²) in [5.74, 6) is -0.963. The normalized spacial score (nSPS) is 9.89. The number of carbonyl (C=O) groups excluding carboxylic acids is 1. The van der Waals surface area contributed by atoms with E-state index < -0.39 is 18.5 Å². The monoisotopic (exact) mass is 317 g/mol. The number of rotatable bonds is 6. The second-order valence-electron chi connectivity index (χ2n) is 3.31. The summed E-state index contributed by atoms with van der Waals surface area (Å²) < 4.78 is 10.5. The number of aliphatic carboxylic acids is 1. The van der Waals surface area contributed by atoms with Crippen LogP contribution < -0.4 is 10.1 Å². The number of carbonyl (C=O) groups is 2. The average Bonchev–Trinajstić information content (AvgIpc) is 2.27. The van der Waals surface area contributed by atoms with Crippen LogP contribution in [0.1, 0.15) is 0 Å². The second-order valence-corrected chi connectivity index (χ2v) is 4.23. The van der Waals surface area contributed by atoms with Crippen molar-refractivity contribution in [3.05, 3.63) is 22.7 Å². The maximum Gasteiger partial charge on any atom is 0.329 e. The molecule has 0 aliphatic carbocycles. The summed E-state index contributed by atoms with van der Waals surface area (Å²) in [6, 6.07) is 5.08. The molecule has 0 saturated heterocycles. The van der Waals surface area contributed by atoms with Gasteiger partial charge in [0.1, 0.15) is 19.0 Å². The van der Waals surface area contributed by atoms with Gasteiger partial charge in [-0.25, -0.2) is 4.79 Å². The van der Waals surface area contributed by atoms with Crippen LogP contribution in [0.2, 0.25) is 0 Å². The zero-order valence-corrected chi connectivity index (χ0v) is 11.2. The van der Waals surface area contributed by atoms with E-state index in [1.807, 2.05) is 0 Å². The van der Waals surface area contributed by atoms with Crippen molar-refractivity contribution in [3.8, 4) is 5.75 Å². The number of hydrogen-bond acceptors (Lipinski definition) is 4. The molecule has 1 aromatic carbocycles. The Balaban J connectivity index is 2.53. The molecule has 0 aromatic heterocycles. The molecule has 0 saturated carbocycles. The molecule has 0 heterocycles.